The zero-order valence-corrected chi connectivity index (χ0v) is 11.5. The van der Waals surface area contributed by atoms with Gasteiger partial charge in [0.05, 0.1) is 19.3 Å². The molecular weight excluding hydrogens is 262 g/mol. The summed E-state index contributed by atoms with van der Waals surface area (Å²) < 4.78 is 29.9. The van der Waals surface area contributed by atoms with Crippen molar-refractivity contribution < 1.29 is 27.9 Å². The Hall–Kier alpha value is -1.15. The molecular formula is C10H19NO6S. The minimum atomic E-state index is -3.85. The van der Waals surface area contributed by atoms with E-state index < -0.39 is 33.3 Å². The Bertz CT molecular complexity index is 399. The van der Waals surface area contributed by atoms with Crippen LogP contribution in [0.3, 0.4) is 0 Å². The van der Waals surface area contributed by atoms with Gasteiger partial charge in [-0.25, -0.2) is 8.42 Å². The lowest BCUT2D eigenvalue weighted by Crippen LogP contribution is -2.54. The van der Waals surface area contributed by atoms with E-state index in [0.717, 1.165) is 7.11 Å². The molecule has 0 spiro atoms. The predicted molar refractivity (Wildman–Crippen MR) is 64.5 cm³/mol. The lowest BCUT2D eigenvalue weighted by molar-refractivity contribution is -0.144. The van der Waals surface area contributed by atoms with Gasteiger partial charge in [-0.2, -0.15) is 4.72 Å². The summed E-state index contributed by atoms with van der Waals surface area (Å²) in [7, 11) is -2.69. The third-order valence-electron chi connectivity index (χ3n) is 2.77. The second kappa shape index (κ2) is 6.69. The lowest BCUT2D eigenvalue weighted by atomic mass is 9.95. The third kappa shape index (κ3) is 4.61. The van der Waals surface area contributed by atoms with Crippen molar-refractivity contribution in [1.82, 2.24) is 4.72 Å². The van der Waals surface area contributed by atoms with Gasteiger partial charge in [0, 0.05) is 0 Å². The summed E-state index contributed by atoms with van der Waals surface area (Å²) in [5.74, 6) is -2.38. The Labute approximate surface area is 107 Å². The second-order valence-corrected chi connectivity index (χ2v) is 5.68. The van der Waals surface area contributed by atoms with Gasteiger partial charge in [0.15, 0.2) is 0 Å². The van der Waals surface area contributed by atoms with E-state index in [9.17, 15) is 18.0 Å². The van der Waals surface area contributed by atoms with Gasteiger partial charge in [0.1, 0.15) is 5.54 Å². The van der Waals surface area contributed by atoms with Crippen LogP contribution in [0.5, 0.6) is 0 Å². The van der Waals surface area contributed by atoms with Crippen LogP contribution in [-0.4, -0.2) is 43.9 Å². The Morgan fingerprint density at radius 3 is 2.11 bits per heavy atom. The van der Waals surface area contributed by atoms with E-state index >= 15 is 0 Å². The molecule has 0 aliphatic heterocycles. The predicted octanol–water partition coefficient (Wildman–Crippen LogP) is 0.112. The van der Waals surface area contributed by atoms with Crippen LogP contribution < -0.4 is 4.72 Å². The third-order valence-corrected chi connectivity index (χ3v) is 4.21. The van der Waals surface area contributed by atoms with E-state index in [1.54, 1.807) is 13.8 Å². The molecule has 8 heteroatoms. The maximum Gasteiger partial charge on any atom is 0.324 e. The van der Waals surface area contributed by atoms with Crippen LogP contribution in [-0.2, 0) is 24.3 Å². The van der Waals surface area contributed by atoms with Crippen LogP contribution in [0.15, 0.2) is 0 Å². The largest absolute Gasteiger partial charge is 0.480 e. The van der Waals surface area contributed by atoms with Crippen molar-refractivity contribution >= 4 is 22.0 Å². The molecule has 0 aliphatic carbocycles. The van der Waals surface area contributed by atoms with Crippen LogP contribution in [0.2, 0.25) is 0 Å². The number of carbonyl (C=O) groups is 2. The summed E-state index contributed by atoms with van der Waals surface area (Å²) in [5.41, 5.74) is -1.52. The number of aliphatic carboxylic acids is 1. The van der Waals surface area contributed by atoms with Crippen LogP contribution in [0.4, 0.5) is 0 Å². The molecule has 0 aromatic rings. The standard InChI is InChI=1S/C10H19NO6S/c1-4-10(5-2,9(13)14)11-18(15,16)7-6-8(12)17-3/h11H,4-7H2,1-3H3,(H,13,14). The molecule has 0 saturated carbocycles. The molecule has 0 aliphatic rings. The van der Waals surface area contributed by atoms with E-state index in [1.807, 2.05) is 0 Å². The van der Waals surface area contributed by atoms with Crippen LogP contribution >= 0.6 is 0 Å². The van der Waals surface area contributed by atoms with Crippen LogP contribution in [0.25, 0.3) is 0 Å². The first kappa shape index (κ1) is 16.9. The van der Waals surface area contributed by atoms with Crippen molar-refractivity contribution in [1.29, 1.82) is 0 Å². The number of esters is 1. The average molecular weight is 281 g/mol. The summed E-state index contributed by atoms with van der Waals surface area (Å²) in [4.78, 5) is 22.0. The van der Waals surface area contributed by atoms with Crippen molar-refractivity contribution in [2.75, 3.05) is 12.9 Å². The van der Waals surface area contributed by atoms with Gasteiger partial charge in [-0.1, -0.05) is 13.8 Å². The molecule has 7 nitrogen and oxygen atoms in total. The number of hydrogen-bond donors (Lipinski definition) is 2. The topological polar surface area (TPSA) is 110 Å². The summed E-state index contributed by atoms with van der Waals surface area (Å²) in [6.45, 7) is 3.17. The molecule has 0 fully saturated rings. The summed E-state index contributed by atoms with van der Waals surface area (Å²) in [6.07, 6.45) is -0.0679. The molecule has 0 saturated heterocycles. The molecule has 18 heavy (non-hydrogen) atoms. The van der Waals surface area contributed by atoms with Crippen LogP contribution in [0.1, 0.15) is 33.1 Å². The molecule has 0 amide bonds. The Morgan fingerprint density at radius 2 is 1.78 bits per heavy atom. The SMILES string of the molecule is CCC(CC)(NS(=O)(=O)CCC(=O)OC)C(=O)O. The van der Waals surface area contributed by atoms with Gasteiger partial charge in [-0.15, -0.1) is 0 Å². The Morgan fingerprint density at radius 1 is 1.28 bits per heavy atom. The minimum absolute atomic E-state index is 0.121. The van der Waals surface area contributed by atoms with Gasteiger partial charge >= 0.3 is 11.9 Å². The molecule has 2 N–H and O–H groups in total. The summed E-state index contributed by atoms with van der Waals surface area (Å²) >= 11 is 0. The van der Waals surface area contributed by atoms with E-state index in [1.165, 1.54) is 0 Å². The number of carbonyl (C=O) groups excluding carboxylic acids is 1. The molecule has 0 heterocycles. The maximum absolute atomic E-state index is 11.7. The van der Waals surface area contributed by atoms with Crippen molar-refractivity contribution in [2.24, 2.45) is 0 Å². The zero-order valence-electron chi connectivity index (χ0n) is 10.7. The van der Waals surface area contributed by atoms with Gasteiger partial charge in [-0.3, -0.25) is 9.59 Å². The fourth-order valence-corrected chi connectivity index (χ4v) is 2.92. The number of hydrogen-bond acceptors (Lipinski definition) is 5. The molecule has 106 valence electrons. The number of ether oxygens (including phenoxy) is 1. The first-order valence-electron chi connectivity index (χ1n) is 5.55. The number of carboxylic acids is 1. The first-order chi connectivity index (χ1) is 8.23. The lowest BCUT2D eigenvalue weighted by Gasteiger charge is -2.27. The van der Waals surface area contributed by atoms with E-state index in [0.29, 0.717) is 0 Å². The zero-order chi connectivity index (χ0) is 14.4. The number of methoxy groups -OCH3 is 1. The summed E-state index contributed by atoms with van der Waals surface area (Å²) in [6, 6.07) is 0. The Kier molecular flexibility index (Phi) is 6.27. The normalized spacial score (nSPS) is 12.2. The van der Waals surface area contributed by atoms with Crippen molar-refractivity contribution in [2.45, 2.75) is 38.6 Å². The Balaban J connectivity index is 4.83. The highest BCUT2D eigenvalue weighted by molar-refractivity contribution is 7.89. The average Bonchev–Trinajstić information content (AvgIpc) is 2.32. The number of nitrogens with one attached hydrogen (secondary N) is 1. The van der Waals surface area contributed by atoms with E-state index in [2.05, 4.69) is 9.46 Å². The first-order valence-corrected chi connectivity index (χ1v) is 7.20. The maximum atomic E-state index is 11.7. The highest BCUT2D eigenvalue weighted by atomic mass is 32.2. The molecule has 0 unspecified atom stereocenters. The van der Waals surface area contributed by atoms with Gasteiger partial charge < -0.3 is 9.84 Å². The molecule has 0 atom stereocenters. The summed E-state index contributed by atoms with van der Waals surface area (Å²) in [5, 5.41) is 9.09. The highest BCUT2D eigenvalue weighted by Crippen LogP contribution is 2.17. The van der Waals surface area contributed by atoms with Crippen molar-refractivity contribution in [3.8, 4) is 0 Å². The van der Waals surface area contributed by atoms with E-state index in [-0.39, 0.29) is 19.3 Å². The monoisotopic (exact) mass is 281 g/mol. The molecule has 0 bridgehead atoms. The van der Waals surface area contributed by atoms with Gasteiger partial charge in [0.2, 0.25) is 10.0 Å². The number of sulfonamides is 1. The fourth-order valence-electron chi connectivity index (χ4n) is 1.41. The van der Waals surface area contributed by atoms with Crippen molar-refractivity contribution in [3.05, 3.63) is 0 Å². The molecule has 0 aromatic heterocycles. The van der Waals surface area contributed by atoms with Crippen molar-refractivity contribution in [3.63, 3.8) is 0 Å². The smallest absolute Gasteiger partial charge is 0.324 e. The number of carboxylic acid groups (broad SMARTS) is 1. The quantitative estimate of drug-likeness (QED) is 0.611. The second-order valence-electron chi connectivity index (χ2n) is 3.84. The van der Waals surface area contributed by atoms with Gasteiger partial charge in [0.25, 0.3) is 0 Å². The fraction of sp³-hybridized carbons (Fsp3) is 0.800. The van der Waals surface area contributed by atoms with Crippen LogP contribution in [0, 0.1) is 0 Å². The number of rotatable bonds is 8. The highest BCUT2D eigenvalue weighted by Gasteiger charge is 2.38. The molecule has 0 aromatic carbocycles. The molecule has 0 rings (SSSR count). The van der Waals surface area contributed by atoms with E-state index in [4.69, 9.17) is 5.11 Å². The molecule has 0 radical (unpaired) electrons. The van der Waals surface area contributed by atoms with Gasteiger partial charge in [-0.05, 0) is 12.8 Å². The minimum Gasteiger partial charge on any atom is -0.480 e.